The quantitative estimate of drug-likeness (QED) is 0.846. The standard InChI is InChI=1S/C14H19NO2/c1-14(6-8-16-10-14)17-13-4-2-3-11-9-15-7-5-12(11)13/h2-4,15H,5-10H2,1H3. The average Bonchev–Trinajstić information content (AvgIpc) is 2.76. The van der Waals surface area contributed by atoms with Crippen molar-refractivity contribution in [3.05, 3.63) is 29.3 Å². The van der Waals surface area contributed by atoms with Gasteiger partial charge < -0.3 is 14.8 Å². The maximum absolute atomic E-state index is 6.21. The summed E-state index contributed by atoms with van der Waals surface area (Å²) >= 11 is 0. The zero-order valence-electron chi connectivity index (χ0n) is 10.3. The molecule has 92 valence electrons. The molecule has 3 heteroatoms. The van der Waals surface area contributed by atoms with Crippen LogP contribution >= 0.6 is 0 Å². The Kier molecular flexibility index (Phi) is 2.81. The molecule has 0 amide bonds. The first kappa shape index (κ1) is 11.1. The molecule has 0 saturated carbocycles. The van der Waals surface area contributed by atoms with E-state index in [2.05, 4.69) is 30.4 Å². The van der Waals surface area contributed by atoms with Crippen molar-refractivity contribution in [3.63, 3.8) is 0 Å². The molecule has 1 N–H and O–H groups in total. The molecule has 0 aromatic heterocycles. The molecule has 1 unspecified atom stereocenters. The van der Waals surface area contributed by atoms with E-state index >= 15 is 0 Å². The second-order valence-corrected chi connectivity index (χ2v) is 5.18. The minimum absolute atomic E-state index is 0.139. The van der Waals surface area contributed by atoms with Crippen LogP contribution in [0.1, 0.15) is 24.5 Å². The van der Waals surface area contributed by atoms with E-state index in [4.69, 9.17) is 9.47 Å². The predicted molar refractivity (Wildman–Crippen MR) is 66.3 cm³/mol. The van der Waals surface area contributed by atoms with Crippen LogP contribution in [0.15, 0.2) is 18.2 Å². The smallest absolute Gasteiger partial charge is 0.132 e. The molecule has 1 atom stereocenters. The summed E-state index contributed by atoms with van der Waals surface area (Å²) in [6, 6.07) is 6.36. The Morgan fingerprint density at radius 2 is 2.35 bits per heavy atom. The van der Waals surface area contributed by atoms with Crippen molar-refractivity contribution in [1.29, 1.82) is 0 Å². The van der Waals surface area contributed by atoms with E-state index in [1.54, 1.807) is 0 Å². The predicted octanol–water partition coefficient (Wildman–Crippen LogP) is 1.89. The summed E-state index contributed by atoms with van der Waals surface area (Å²) in [5.41, 5.74) is 2.61. The van der Waals surface area contributed by atoms with Gasteiger partial charge in [-0.1, -0.05) is 12.1 Å². The van der Waals surface area contributed by atoms with Crippen molar-refractivity contribution >= 4 is 0 Å². The fraction of sp³-hybridized carbons (Fsp3) is 0.571. The molecule has 1 saturated heterocycles. The van der Waals surface area contributed by atoms with Gasteiger partial charge in [-0.3, -0.25) is 0 Å². The molecule has 1 aromatic rings. The number of nitrogens with one attached hydrogen (secondary N) is 1. The van der Waals surface area contributed by atoms with Crippen LogP contribution in [-0.4, -0.2) is 25.4 Å². The Balaban J connectivity index is 1.87. The highest BCUT2D eigenvalue weighted by atomic mass is 16.6. The van der Waals surface area contributed by atoms with E-state index in [1.165, 1.54) is 11.1 Å². The van der Waals surface area contributed by atoms with Crippen molar-refractivity contribution < 1.29 is 9.47 Å². The summed E-state index contributed by atoms with van der Waals surface area (Å²) in [4.78, 5) is 0. The van der Waals surface area contributed by atoms with E-state index in [0.717, 1.165) is 38.3 Å². The Morgan fingerprint density at radius 3 is 3.18 bits per heavy atom. The topological polar surface area (TPSA) is 30.5 Å². The van der Waals surface area contributed by atoms with Gasteiger partial charge in [0.05, 0.1) is 13.2 Å². The maximum Gasteiger partial charge on any atom is 0.132 e. The molecule has 2 aliphatic rings. The zero-order valence-corrected chi connectivity index (χ0v) is 10.3. The number of hydrogen-bond acceptors (Lipinski definition) is 3. The minimum Gasteiger partial charge on any atom is -0.485 e. The SMILES string of the molecule is CC1(Oc2cccc3c2CCNC3)CCOC1. The van der Waals surface area contributed by atoms with Crippen molar-refractivity contribution in [3.8, 4) is 5.75 Å². The van der Waals surface area contributed by atoms with Crippen molar-refractivity contribution in [2.75, 3.05) is 19.8 Å². The maximum atomic E-state index is 6.21. The molecule has 1 fully saturated rings. The fourth-order valence-corrected chi connectivity index (χ4v) is 2.59. The summed E-state index contributed by atoms with van der Waals surface area (Å²) in [6.45, 7) is 5.66. The molecule has 0 bridgehead atoms. The monoisotopic (exact) mass is 233 g/mol. The van der Waals surface area contributed by atoms with Gasteiger partial charge in [-0.2, -0.15) is 0 Å². The van der Waals surface area contributed by atoms with Crippen LogP contribution in [0.2, 0.25) is 0 Å². The number of fused-ring (bicyclic) bond motifs is 1. The van der Waals surface area contributed by atoms with E-state index in [1.807, 2.05) is 0 Å². The lowest BCUT2D eigenvalue weighted by Crippen LogP contribution is -2.33. The number of hydrogen-bond donors (Lipinski definition) is 1. The molecule has 17 heavy (non-hydrogen) atoms. The third-order valence-electron chi connectivity index (χ3n) is 3.64. The lowest BCUT2D eigenvalue weighted by Gasteiger charge is -2.28. The lowest BCUT2D eigenvalue weighted by atomic mass is 9.99. The molecule has 2 aliphatic heterocycles. The van der Waals surface area contributed by atoms with Crippen LogP contribution in [-0.2, 0) is 17.7 Å². The third kappa shape index (κ3) is 2.17. The molecule has 0 aliphatic carbocycles. The number of ether oxygens (including phenoxy) is 2. The average molecular weight is 233 g/mol. The first-order valence-corrected chi connectivity index (χ1v) is 6.35. The van der Waals surface area contributed by atoms with Gasteiger partial charge in [0.2, 0.25) is 0 Å². The largest absolute Gasteiger partial charge is 0.485 e. The van der Waals surface area contributed by atoms with Gasteiger partial charge in [-0.05, 0) is 37.1 Å². The molecule has 2 heterocycles. The molecule has 1 aromatic carbocycles. The van der Waals surface area contributed by atoms with Crippen molar-refractivity contribution in [2.45, 2.75) is 31.9 Å². The summed E-state index contributed by atoms with van der Waals surface area (Å²) in [7, 11) is 0. The van der Waals surface area contributed by atoms with Gasteiger partial charge in [0, 0.05) is 13.0 Å². The summed E-state index contributed by atoms with van der Waals surface area (Å²) in [6.07, 6.45) is 2.04. The summed E-state index contributed by atoms with van der Waals surface area (Å²) in [5.74, 6) is 1.05. The van der Waals surface area contributed by atoms with E-state index < -0.39 is 0 Å². The Labute approximate surface area is 102 Å². The second kappa shape index (κ2) is 4.31. The first-order valence-electron chi connectivity index (χ1n) is 6.35. The van der Waals surface area contributed by atoms with Crippen LogP contribution in [0, 0.1) is 0 Å². The third-order valence-corrected chi connectivity index (χ3v) is 3.64. The van der Waals surface area contributed by atoms with Crippen LogP contribution in [0.3, 0.4) is 0 Å². The fourth-order valence-electron chi connectivity index (χ4n) is 2.59. The molecular weight excluding hydrogens is 214 g/mol. The van der Waals surface area contributed by atoms with E-state index in [0.29, 0.717) is 6.61 Å². The minimum atomic E-state index is -0.139. The molecule has 0 radical (unpaired) electrons. The molecule has 0 spiro atoms. The Bertz CT molecular complexity index is 411. The van der Waals surface area contributed by atoms with Gasteiger partial charge in [0.25, 0.3) is 0 Å². The summed E-state index contributed by atoms with van der Waals surface area (Å²) in [5, 5.41) is 3.39. The Hall–Kier alpha value is -1.06. The normalized spacial score (nSPS) is 27.8. The van der Waals surface area contributed by atoms with Crippen LogP contribution in [0.5, 0.6) is 5.75 Å². The number of benzene rings is 1. The highest BCUT2D eigenvalue weighted by molar-refractivity contribution is 5.42. The van der Waals surface area contributed by atoms with Gasteiger partial charge in [0.15, 0.2) is 0 Å². The van der Waals surface area contributed by atoms with Crippen LogP contribution in [0.4, 0.5) is 0 Å². The van der Waals surface area contributed by atoms with Gasteiger partial charge in [-0.25, -0.2) is 0 Å². The molecule has 3 rings (SSSR count). The highest BCUT2D eigenvalue weighted by Gasteiger charge is 2.32. The van der Waals surface area contributed by atoms with Crippen LogP contribution < -0.4 is 10.1 Å². The van der Waals surface area contributed by atoms with Gasteiger partial charge in [0.1, 0.15) is 11.4 Å². The van der Waals surface area contributed by atoms with Crippen LogP contribution in [0.25, 0.3) is 0 Å². The van der Waals surface area contributed by atoms with Gasteiger partial charge >= 0.3 is 0 Å². The summed E-state index contributed by atoms with van der Waals surface area (Å²) < 4.78 is 11.6. The lowest BCUT2D eigenvalue weighted by molar-refractivity contribution is 0.0653. The first-order chi connectivity index (χ1) is 8.27. The number of rotatable bonds is 2. The highest BCUT2D eigenvalue weighted by Crippen LogP contribution is 2.31. The van der Waals surface area contributed by atoms with E-state index in [-0.39, 0.29) is 5.60 Å². The second-order valence-electron chi connectivity index (χ2n) is 5.18. The van der Waals surface area contributed by atoms with Crippen molar-refractivity contribution in [2.24, 2.45) is 0 Å². The van der Waals surface area contributed by atoms with Gasteiger partial charge in [-0.15, -0.1) is 0 Å². The van der Waals surface area contributed by atoms with E-state index in [9.17, 15) is 0 Å². The Morgan fingerprint density at radius 1 is 1.41 bits per heavy atom. The zero-order chi connectivity index (χ0) is 11.7. The van der Waals surface area contributed by atoms with Crippen molar-refractivity contribution in [1.82, 2.24) is 5.32 Å². The molecular formula is C14H19NO2. The molecule has 3 nitrogen and oxygen atoms in total.